The van der Waals surface area contributed by atoms with Crippen LogP contribution in [0.15, 0.2) is 34.9 Å². The highest BCUT2D eigenvalue weighted by atomic mass is 16.5. The van der Waals surface area contributed by atoms with Gasteiger partial charge in [-0.25, -0.2) is 0 Å². The second kappa shape index (κ2) is 10.1. The molecule has 2 N–H and O–H groups in total. The predicted octanol–water partition coefficient (Wildman–Crippen LogP) is 1.48. The molecule has 2 atom stereocenters. The highest BCUT2D eigenvalue weighted by molar-refractivity contribution is 6.01. The van der Waals surface area contributed by atoms with Crippen molar-refractivity contribution in [3.8, 4) is 17.2 Å². The molecule has 10 heteroatoms. The standard InChI is InChI=1S/C22H27N3O7/c1-13(21(27)23-11-16-6-5-7-32-16)24-22(28)14-8-19(26)25(12-14)15-9-17(29-2)20(31-4)18(10-15)30-3/h5-7,9-10,13-14H,8,11-12H2,1-4H3,(H,23,27)(H,24,28)/t13-,14-/m1/s1. The van der Waals surface area contributed by atoms with Crippen molar-refractivity contribution >= 4 is 23.4 Å². The third-order valence-electron chi connectivity index (χ3n) is 5.23. The molecule has 1 aliphatic rings. The van der Waals surface area contributed by atoms with Crippen LogP contribution in [0.25, 0.3) is 0 Å². The zero-order chi connectivity index (χ0) is 23.3. The lowest BCUT2D eigenvalue weighted by Crippen LogP contribution is -2.46. The molecule has 1 aromatic heterocycles. The fourth-order valence-corrected chi connectivity index (χ4v) is 3.49. The number of furan rings is 1. The van der Waals surface area contributed by atoms with E-state index in [1.165, 1.54) is 32.5 Å². The van der Waals surface area contributed by atoms with Gasteiger partial charge < -0.3 is 34.2 Å². The summed E-state index contributed by atoms with van der Waals surface area (Å²) in [6.07, 6.45) is 1.55. The molecule has 0 aliphatic carbocycles. The molecule has 3 amide bonds. The molecule has 32 heavy (non-hydrogen) atoms. The fraction of sp³-hybridized carbons (Fsp3) is 0.409. The molecule has 1 fully saturated rings. The summed E-state index contributed by atoms with van der Waals surface area (Å²) in [4.78, 5) is 39.1. The summed E-state index contributed by atoms with van der Waals surface area (Å²) in [5.41, 5.74) is 0.532. The van der Waals surface area contributed by atoms with E-state index in [4.69, 9.17) is 18.6 Å². The second-order valence-electron chi connectivity index (χ2n) is 7.32. The van der Waals surface area contributed by atoms with Crippen molar-refractivity contribution in [3.63, 3.8) is 0 Å². The van der Waals surface area contributed by atoms with E-state index in [9.17, 15) is 14.4 Å². The minimum atomic E-state index is -0.761. The van der Waals surface area contributed by atoms with Gasteiger partial charge in [0.15, 0.2) is 11.5 Å². The second-order valence-corrected chi connectivity index (χ2v) is 7.32. The van der Waals surface area contributed by atoms with E-state index in [0.717, 1.165) is 0 Å². The van der Waals surface area contributed by atoms with Crippen molar-refractivity contribution in [1.82, 2.24) is 10.6 Å². The summed E-state index contributed by atoms with van der Waals surface area (Å²) in [6.45, 7) is 1.98. The molecule has 10 nitrogen and oxygen atoms in total. The van der Waals surface area contributed by atoms with Crippen LogP contribution >= 0.6 is 0 Å². The first kappa shape index (κ1) is 23.0. The Hall–Kier alpha value is -3.69. The molecular weight excluding hydrogens is 418 g/mol. The molecule has 1 aliphatic heterocycles. The number of carbonyl (C=O) groups excluding carboxylic acids is 3. The number of methoxy groups -OCH3 is 3. The Morgan fingerprint density at radius 3 is 2.44 bits per heavy atom. The van der Waals surface area contributed by atoms with E-state index in [1.807, 2.05) is 0 Å². The zero-order valence-corrected chi connectivity index (χ0v) is 18.5. The molecule has 0 radical (unpaired) electrons. The molecule has 0 bridgehead atoms. The molecule has 2 aromatic rings. The molecule has 1 aromatic carbocycles. The van der Waals surface area contributed by atoms with E-state index < -0.39 is 12.0 Å². The van der Waals surface area contributed by atoms with Gasteiger partial charge >= 0.3 is 0 Å². The summed E-state index contributed by atoms with van der Waals surface area (Å²) in [5, 5.41) is 5.37. The number of carbonyl (C=O) groups is 3. The Morgan fingerprint density at radius 1 is 1.19 bits per heavy atom. The average Bonchev–Trinajstić information content (AvgIpc) is 3.45. The summed E-state index contributed by atoms with van der Waals surface area (Å²) in [5.74, 6) is 0.313. The first-order valence-corrected chi connectivity index (χ1v) is 10.1. The van der Waals surface area contributed by atoms with E-state index in [-0.39, 0.29) is 37.2 Å². The minimum Gasteiger partial charge on any atom is -0.493 e. The number of benzene rings is 1. The topological polar surface area (TPSA) is 119 Å². The molecule has 1 saturated heterocycles. The summed E-state index contributed by atoms with van der Waals surface area (Å²) in [7, 11) is 4.47. The third kappa shape index (κ3) is 4.96. The SMILES string of the molecule is COc1cc(N2C[C@H](C(=O)N[C@H](C)C(=O)NCc3ccco3)CC2=O)cc(OC)c1OC. The number of nitrogens with one attached hydrogen (secondary N) is 2. The Labute approximate surface area is 185 Å². The van der Waals surface area contributed by atoms with Crippen molar-refractivity contribution in [2.75, 3.05) is 32.8 Å². The Balaban J connectivity index is 1.63. The predicted molar refractivity (Wildman–Crippen MR) is 115 cm³/mol. The van der Waals surface area contributed by atoms with E-state index >= 15 is 0 Å². The number of anilines is 1. The van der Waals surface area contributed by atoms with Crippen LogP contribution in [0.5, 0.6) is 17.2 Å². The number of hydrogen-bond donors (Lipinski definition) is 2. The highest BCUT2D eigenvalue weighted by Crippen LogP contribution is 2.42. The number of nitrogens with zero attached hydrogens (tertiary/aromatic N) is 1. The van der Waals surface area contributed by atoms with Crippen molar-refractivity contribution in [2.45, 2.75) is 25.9 Å². The molecular formula is C22H27N3O7. The van der Waals surface area contributed by atoms with Crippen LogP contribution in [0.1, 0.15) is 19.1 Å². The quantitative estimate of drug-likeness (QED) is 0.600. The Bertz CT molecular complexity index is 949. The largest absolute Gasteiger partial charge is 0.493 e. The Morgan fingerprint density at radius 2 is 1.88 bits per heavy atom. The van der Waals surface area contributed by atoms with Crippen LogP contribution in [-0.4, -0.2) is 51.6 Å². The lowest BCUT2D eigenvalue weighted by atomic mass is 10.1. The highest BCUT2D eigenvalue weighted by Gasteiger charge is 2.36. The first-order valence-electron chi connectivity index (χ1n) is 10.1. The molecule has 172 valence electrons. The van der Waals surface area contributed by atoms with Crippen molar-refractivity contribution < 1.29 is 33.0 Å². The van der Waals surface area contributed by atoms with Gasteiger partial charge in [-0.3, -0.25) is 14.4 Å². The van der Waals surface area contributed by atoms with Crippen LogP contribution in [-0.2, 0) is 20.9 Å². The molecule has 3 rings (SSSR count). The van der Waals surface area contributed by atoms with Crippen molar-refractivity contribution in [2.24, 2.45) is 5.92 Å². The van der Waals surface area contributed by atoms with Gasteiger partial charge in [0.2, 0.25) is 23.5 Å². The van der Waals surface area contributed by atoms with Gasteiger partial charge in [0.25, 0.3) is 0 Å². The van der Waals surface area contributed by atoms with Crippen molar-refractivity contribution in [3.05, 3.63) is 36.3 Å². The van der Waals surface area contributed by atoms with Crippen LogP contribution in [0, 0.1) is 5.92 Å². The lowest BCUT2D eigenvalue weighted by Gasteiger charge is -2.21. The van der Waals surface area contributed by atoms with Gasteiger partial charge in [0, 0.05) is 25.1 Å². The lowest BCUT2D eigenvalue weighted by molar-refractivity contribution is -0.131. The smallest absolute Gasteiger partial charge is 0.242 e. The average molecular weight is 445 g/mol. The zero-order valence-electron chi connectivity index (χ0n) is 18.5. The first-order chi connectivity index (χ1) is 15.4. The van der Waals surface area contributed by atoms with Crippen LogP contribution in [0.2, 0.25) is 0 Å². The number of hydrogen-bond acceptors (Lipinski definition) is 7. The van der Waals surface area contributed by atoms with Gasteiger partial charge in [-0.1, -0.05) is 0 Å². The summed E-state index contributed by atoms with van der Waals surface area (Å²) >= 11 is 0. The Kier molecular flexibility index (Phi) is 7.24. The number of rotatable bonds is 9. The van der Waals surface area contributed by atoms with E-state index in [1.54, 1.807) is 31.2 Å². The molecule has 0 unspecified atom stereocenters. The van der Waals surface area contributed by atoms with Crippen LogP contribution in [0.3, 0.4) is 0 Å². The maximum Gasteiger partial charge on any atom is 0.242 e. The summed E-state index contributed by atoms with van der Waals surface area (Å²) < 4.78 is 21.2. The monoisotopic (exact) mass is 445 g/mol. The van der Waals surface area contributed by atoms with E-state index in [0.29, 0.717) is 28.7 Å². The van der Waals surface area contributed by atoms with Crippen molar-refractivity contribution in [1.29, 1.82) is 0 Å². The minimum absolute atomic E-state index is 0.0310. The number of ether oxygens (including phenoxy) is 3. The fourth-order valence-electron chi connectivity index (χ4n) is 3.49. The number of amides is 3. The van der Waals surface area contributed by atoms with Crippen LogP contribution in [0.4, 0.5) is 5.69 Å². The van der Waals surface area contributed by atoms with E-state index in [2.05, 4.69) is 10.6 Å². The third-order valence-corrected chi connectivity index (χ3v) is 5.23. The molecule has 2 heterocycles. The van der Waals surface area contributed by atoms with Crippen LogP contribution < -0.4 is 29.7 Å². The van der Waals surface area contributed by atoms with Gasteiger partial charge in [-0.15, -0.1) is 0 Å². The van der Waals surface area contributed by atoms with Gasteiger partial charge in [0.1, 0.15) is 11.8 Å². The normalized spacial score (nSPS) is 16.4. The molecule has 0 saturated carbocycles. The van der Waals surface area contributed by atoms with Gasteiger partial charge in [-0.05, 0) is 19.1 Å². The summed E-state index contributed by atoms with van der Waals surface area (Å²) in [6, 6.07) is 6.02. The van der Waals surface area contributed by atoms with Gasteiger partial charge in [-0.2, -0.15) is 0 Å². The van der Waals surface area contributed by atoms with Gasteiger partial charge in [0.05, 0.1) is 45.7 Å². The maximum atomic E-state index is 12.7. The molecule has 0 spiro atoms. The maximum absolute atomic E-state index is 12.7.